The highest BCUT2D eigenvalue weighted by Crippen LogP contribution is 2.34. The normalized spacial score (nSPS) is 21.9. The summed E-state index contributed by atoms with van der Waals surface area (Å²) in [5.41, 5.74) is 4.75. The topological polar surface area (TPSA) is 71.3 Å². The lowest BCUT2D eigenvalue weighted by molar-refractivity contribution is -0.120. The number of ether oxygens (including phenoxy) is 1. The number of fused-ring (bicyclic) bond motifs is 1. The van der Waals surface area contributed by atoms with E-state index in [0.717, 1.165) is 41.0 Å². The number of hydrogen-bond donors (Lipinski definition) is 0. The highest BCUT2D eigenvalue weighted by Gasteiger charge is 2.31. The number of dihydropyridines is 1. The number of rotatable bonds is 9. The van der Waals surface area contributed by atoms with Crippen LogP contribution in [0, 0.1) is 17.8 Å². The standard InChI is InChI=1S/C38H38ClN3O3/c39-34-13-7-8-20-40-37(34)33(31-15-14-30-16-17-35(41-36(30)24-31)29-11-5-2-6-12-29)25-32(43)23-27-18-21-42(22-19-27)38(44)45-26-28-9-3-1-4-10-28/h1-6,8-17,20,24,27,30,33,36H,7,18-19,21-23,25-26H2. The quantitative estimate of drug-likeness (QED) is 0.285. The molecule has 2 aromatic carbocycles. The molecule has 1 saturated heterocycles. The predicted octanol–water partition coefficient (Wildman–Crippen LogP) is 8.02. The van der Waals surface area contributed by atoms with Crippen molar-refractivity contribution in [2.24, 2.45) is 27.7 Å². The first-order valence-electron chi connectivity index (χ1n) is 15.8. The predicted molar refractivity (Wildman–Crippen MR) is 180 cm³/mol. The molecule has 1 aliphatic carbocycles. The molecule has 4 aliphatic rings. The number of halogens is 1. The van der Waals surface area contributed by atoms with Gasteiger partial charge in [-0.2, -0.15) is 0 Å². The molecular weight excluding hydrogens is 582 g/mol. The van der Waals surface area contributed by atoms with Crippen LogP contribution in [0.4, 0.5) is 4.79 Å². The van der Waals surface area contributed by atoms with Crippen LogP contribution >= 0.6 is 11.6 Å². The Morgan fingerprint density at radius 3 is 2.49 bits per heavy atom. The fraction of sp³-hybridized carbons (Fsp3) is 0.316. The molecule has 7 heteroatoms. The molecule has 6 rings (SSSR count). The number of ketones is 1. The van der Waals surface area contributed by atoms with Gasteiger partial charge in [0.25, 0.3) is 0 Å². The van der Waals surface area contributed by atoms with E-state index in [2.05, 4.69) is 42.5 Å². The Morgan fingerprint density at radius 2 is 1.71 bits per heavy atom. The van der Waals surface area contributed by atoms with Crippen LogP contribution in [0.15, 0.2) is 130 Å². The minimum atomic E-state index is -0.297. The van der Waals surface area contributed by atoms with Crippen LogP contribution in [0.1, 0.15) is 43.2 Å². The van der Waals surface area contributed by atoms with Gasteiger partial charge in [0.05, 0.1) is 22.5 Å². The first kappa shape index (κ1) is 30.7. The van der Waals surface area contributed by atoms with Crippen LogP contribution < -0.4 is 0 Å². The molecule has 3 unspecified atom stereocenters. The summed E-state index contributed by atoms with van der Waals surface area (Å²) in [6.45, 7) is 1.44. The zero-order valence-corrected chi connectivity index (χ0v) is 26.1. The van der Waals surface area contributed by atoms with E-state index in [1.165, 1.54) is 0 Å². The second kappa shape index (κ2) is 14.7. The van der Waals surface area contributed by atoms with Crippen molar-refractivity contribution >= 4 is 34.9 Å². The summed E-state index contributed by atoms with van der Waals surface area (Å²) in [6.07, 6.45) is 19.2. The van der Waals surface area contributed by atoms with E-state index in [1.807, 2.05) is 60.7 Å². The number of carbonyl (C=O) groups is 2. The number of hydrogen-bond acceptors (Lipinski definition) is 5. The number of aliphatic imine (C=N–C) groups is 2. The van der Waals surface area contributed by atoms with Gasteiger partial charge in [-0.1, -0.05) is 109 Å². The van der Waals surface area contributed by atoms with E-state index in [9.17, 15) is 9.59 Å². The molecule has 0 radical (unpaired) electrons. The van der Waals surface area contributed by atoms with E-state index < -0.39 is 0 Å². The van der Waals surface area contributed by atoms with Crippen molar-refractivity contribution in [3.63, 3.8) is 0 Å². The molecule has 230 valence electrons. The second-order valence-electron chi connectivity index (χ2n) is 12.0. The Bertz CT molecular complexity index is 1590. The highest BCUT2D eigenvalue weighted by molar-refractivity contribution is 6.44. The third-order valence-corrected chi connectivity index (χ3v) is 9.21. The van der Waals surface area contributed by atoms with Crippen LogP contribution in [0.5, 0.6) is 0 Å². The first-order valence-corrected chi connectivity index (χ1v) is 16.2. The number of likely N-dealkylation sites (tertiary alicyclic amines) is 1. The summed E-state index contributed by atoms with van der Waals surface area (Å²) in [5.74, 6) is 0.304. The molecule has 1 amide bonds. The molecule has 1 fully saturated rings. The molecule has 0 N–H and O–H groups in total. The minimum Gasteiger partial charge on any atom is -0.445 e. The Morgan fingerprint density at radius 1 is 0.978 bits per heavy atom. The third kappa shape index (κ3) is 7.87. The highest BCUT2D eigenvalue weighted by atomic mass is 35.5. The molecule has 3 atom stereocenters. The van der Waals surface area contributed by atoms with Crippen molar-refractivity contribution < 1.29 is 14.3 Å². The van der Waals surface area contributed by atoms with Crippen molar-refractivity contribution in [1.82, 2.24) is 4.90 Å². The van der Waals surface area contributed by atoms with Gasteiger partial charge < -0.3 is 9.64 Å². The van der Waals surface area contributed by atoms with Gasteiger partial charge >= 0.3 is 6.09 Å². The average molecular weight is 620 g/mol. The average Bonchev–Trinajstić information content (AvgIpc) is 3.30. The number of piperidine rings is 1. The lowest BCUT2D eigenvalue weighted by atomic mass is 9.79. The van der Waals surface area contributed by atoms with Gasteiger partial charge in [-0.15, -0.1) is 0 Å². The van der Waals surface area contributed by atoms with E-state index >= 15 is 0 Å². The van der Waals surface area contributed by atoms with Gasteiger partial charge in [-0.3, -0.25) is 14.8 Å². The summed E-state index contributed by atoms with van der Waals surface area (Å²) in [5, 5.41) is 0.591. The Kier molecular flexibility index (Phi) is 10.0. The van der Waals surface area contributed by atoms with Crippen LogP contribution in [-0.4, -0.2) is 47.3 Å². The number of allylic oxidation sites excluding steroid dienone is 6. The van der Waals surface area contributed by atoms with Gasteiger partial charge in [0.15, 0.2) is 0 Å². The number of Topliss-reactive ketones (excluding diaryl/α,β-unsaturated/α-hetero) is 1. The molecule has 0 bridgehead atoms. The van der Waals surface area contributed by atoms with Crippen molar-refractivity contribution in [1.29, 1.82) is 0 Å². The maximum Gasteiger partial charge on any atom is 0.410 e. The van der Waals surface area contributed by atoms with E-state index in [1.54, 1.807) is 11.1 Å². The van der Waals surface area contributed by atoms with Crippen molar-refractivity contribution in [3.8, 4) is 0 Å². The maximum absolute atomic E-state index is 13.7. The SMILES string of the molecule is O=C(CC1CCN(C(=O)OCc2ccccc2)CC1)CC(C1=CC2N=C(c3ccccc3)C=CC2C=C1)C1=NC=CCC=C1Cl. The zero-order chi connectivity index (χ0) is 31.0. The van der Waals surface area contributed by atoms with Crippen LogP contribution in [0.3, 0.4) is 0 Å². The molecule has 45 heavy (non-hydrogen) atoms. The van der Waals surface area contributed by atoms with Gasteiger partial charge in [0.1, 0.15) is 12.4 Å². The van der Waals surface area contributed by atoms with Gasteiger partial charge in [0, 0.05) is 44.0 Å². The molecule has 0 aromatic heterocycles. The van der Waals surface area contributed by atoms with Crippen molar-refractivity contribution in [2.45, 2.75) is 44.8 Å². The lowest BCUT2D eigenvalue weighted by Crippen LogP contribution is -2.39. The van der Waals surface area contributed by atoms with Gasteiger partial charge in [-0.25, -0.2) is 4.79 Å². The molecule has 2 aromatic rings. The molecular formula is C38H38ClN3O3. The largest absolute Gasteiger partial charge is 0.445 e. The monoisotopic (exact) mass is 619 g/mol. The minimum absolute atomic E-state index is 0.0570. The van der Waals surface area contributed by atoms with Crippen molar-refractivity contribution in [3.05, 3.63) is 131 Å². The van der Waals surface area contributed by atoms with E-state index in [-0.39, 0.29) is 42.3 Å². The summed E-state index contributed by atoms with van der Waals surface area (Å²) in [6, 6.07) is 19.8. The molecule has 3 aliphatic heterocycles. The van der Waals surface area contributed by atoms with E-state index in [4.69, 9.17) is 26.3 Å². The van der Waals surface area contributed by atoms with E-state index in [0.29, 0.717) is 37.4 Å². The number of nitrogens with zero attached hydrogens (tertiary/aromatic N) is 3. The summed E-state index contributed by atoms with van der Waals surface area (Å²) < 4.78 is 5.52. The Balaban J connectivity index is 1.11. The van der Waals surface area contributed by atoms with Crippen LogP contribution in [-0.2, 0) is 16.1 Å². The summed E-state index contributed by atoms with van der Waals surface area (Å²) >= 11 is 6.77. The maximum atomic E-state index is 13.7. The molecule has 6 nitrogen and oxygen atoms in total. The summed E-state index contributed by atoms with van der Waals surface area (Å²) in [4.78, 5) is 37.8. The van der Waals surface area contributed by atoms with Crippen molar-refractivity contribution in [2.75, 3.05) is 13.1 Å². The fourth-order valence-corrected chi connectivity index (χ4v) is 6.61. The van der Waals surface area contributed by atoms with Gasteiger partial charge in [0.2, 0.25) is 0 Å². The molecule has 0 saturated carbocycles. The first-order chi connectivity index (χ1) is 22.0. The number of benzene rings is 2. The van der Waals surface area contributed by atoms with Crippen LogP contribution in [0.25, 0.3) is 0 Å². The smallest absolute Gasteiger partial charge is 0.410 e. The fourth-order valence-electron chi connectivity index (χ4n) is 6.34. The molecule has 0 spiro atoms. The Labute approximate surface area is 270 Å². The zero-order valence-electron chi connectivity index (χ0n) is 25.3. The van der Waals surface area contributed by atoms with Gasteiger partial charge in [-0.05, 0) is 48.0 Å². The number of amides is 1. The Hall–Kier alpha value is -4.29. The lowest BCUT2D eigenvalue weighted by Gasteiger charge is -2.31. The molecule has 3 heterocycles. The number of carbonyl (C=O) groups excluding carboxylic acids is 2. The van der Waals surface area contributed by atoms with Crippen LogP contribution in [0.2, 0.25) is 0 Å². The third-order valence-electron chi connectivity index (χ3n) is 8.86. The second-order valence-corrected chi connectivity index (χ2v) is 12.4. The summed E-state index contributed by atoms with van der Waals surface area (Å²) in [7, 11) is 0.